The van der Waals surface area contributed by atoms with Crippen molar-refractivity contribution in [2.45, 2.75) is 25.0 Å². The minimum absolute atomic E-state index is 0.369. The molecule has 0 spiro atoms. The number of hydrogen-bond donors (Lipinski definition) is 1. The van der Waals surface area contributed by atoms with Crippen LogP contribution in [-0.2, 0) is 4.74 Å². The van der Waals surface area contributed by atoms with Crippen molar-refractivity contribution in [3.05, 3.63) is 35.9 Å². The lowest BCUT2D eigenvalue weighted by molar-refractivity contribution is -0.00330. The Balaban J connectivity index is 1.45. The number of morpholine rings is 1. The number of rotatable bonds is 4. The Morgan fingerprint density at radius 3 is 2.38 bits per heavy atom. The zero-order valence-electron chi connectivity index (χ0n) is 12.7. The molecule has 0 aliphatic carbocycles. The van der Waals surface area contributed by atoms with Gasteiger partial charge in [-0.05, 0) is 31.5 Å². The molecule has 0 bridgehead atoms. The number of β-amino-alcohol motifs (C(OH)–C–C–N with tert-alkyl or cyclic N) is 1. The first-order chi connectivity index (χ1) is 10.3. The van der Waals surface area contributed by atoms with E-state index in [1.165, 1.54) is 12.8 Å². The standard InChI is InChI=1S/C17H26N2O2/c20-17(15-4-2-1-3-5-15)14-18-8-6-16(7-9-18)19-10-12-21-13-11-19/h1-5,16-17,20H,6-14H2. The van der Waals surface area contributed by atoms with Crippen molar-refractivity contribution in [2.24, 2.45) is 0 Å². The maximum atomic E-state index is 10.3. The van der Waals surface area contributed by atoms with Crippen LogP contribution in [0, 0.1) is 0 Å². The summed E-state index contributed by atoms with van der Waals surface area (Å²) in [7, 11) is 0. The highest BCUT2D eigenvalue weighted by Gasteiger charge is 2.26. The van der Waals surface area contributed by atoms with Crippen LogP contribution in [0.2, 0.25) is 0 Å². The second kappa shape index (κ2) is 7.36. The number of hydrogen-bond acceptors (Lipinski definition) is 4. The third kappa shape index (κ3) is 4.04. The first-order valence-electron chi connectivity index (χ1n) is 8.10. The van der Waals surface area contributed by atoms with Gasteiger partial charge in [0.25, 0.3) is 0 Å². The molecular formula is C17H26N2O2. The molecule has 116 valence electrons. The van der Waals surface area contributed by atoms with Crippen LogP contribution in [0.4, 0.5) is 0 Å². The van der Waals surface area contributed by atoms with Crippen molar-refractivity contribution in [3.63, 3.8) is 0 Å². The Hall–Kier alpha value is -0.940. The third-order valence-electron chi connectivity index (χ3n) is 4.73. The number of ether oxygens (including phenoxy) is 1. The second-order valence-electron chi connectivity index (χ2n) is 6.11. The van der Waals surface area contributed by atoms with Gasteiger partial charge in [-0.25, -0.2) is 0 Å². The summed E-state index contributed by atoms with van der Waals surface area (Å²) >= 11 is 0. The molecule has 3 rings (SSSR count). The van der Waals surface area contributed by atoms with Crippen molar-refractivity contribution in [2.75, 3.05) is 45.9 Å². The highest BCUT2D eigenvalue weighted by molar-refractivity contribution is 5.17. The molecule has 2 fully saturated rings. The molecule has 0 saturated carbocycles. The molecule has 4 heteroatoms. The first-order valence-corrected chi connectivity index (χ1v) is 8.10. The zero-order chi connectivity index (χ0) is 14.5. The molecule has 1 aromatic rings. The number of benzene rings is 1. The van der Waals surface area contributed by atoms with Gasteiger partial charge in [-0.15, -0.1) is 0 Å². The topological polar surface area (TPSA) is 35.9 Å². The SMILES string of the molecule is OC(CN1CCC(N2CCOCC2)CC1)c1ccccc1. The Morgan fingerprint density at radius 1 is 1.05 bits per heavy atom. The Bertz CT molecular complexity index is 412. The van der Waals surface area contributed by atoms with Gasteiger partial charge in [-0.2, -0.15) is 0 Å². The van der Waals surface area contributed by atoms with E-state index in [0.29, 0.717) is 6.04 Å². The molecule has 2 aliphatic heterocycles. The van der Waals surface area contributed by atoms with E-state index >= 15 is 0 Å². The van der Waals surface area contributed by atoms with E-state index in [4.69, 9.17) is 4.74 Å². The molecule has 1 unspecified atom stereocenters. The number of aliphatic hydroxyl groups is 1. The van der Waals surface area contributed by atoms with Gasteiger partial charge in [0.1, 0.15) is 0 Å². The summed E-state index contributed by atoms with van der Waals surface area (Å²) < 4.78 is 5.43. The molecule has 1 atom stereocenters. The van der Waals surface area contributed by atoms with E-state index in [0.717, 1.165) is 51.5 Å². The highest BCUT2D eigenvalue weighted by atomic mass is 16.5. The van der Waals surface area contributed by atoms with Crippen molar-refractivity contribution < 1.29 is 9.84 Å². The van der Waals surface area contributed by atoms with Gasteiger partial charge in [0.15, 0.2) is 0 Å². The van der Waals surface area contributed by atoms with E-state index in [-0.39, 0.29) is 6.10 Å². The molecule has 0 radical (unpaired) electrons. The van der Waals surface area contributed by atoms with E-state index in [1.54, 1.807) is 0 Å². The summed E-state index contributed by atoms with van der Waals surface area (Å²) in [5.74, 6) is 0. The van der Waals surface area contributed by atoms with Crippen LogP contribution in [0.25, 0.3) is 0 Å². The van der Waals surface area contributed by atoms with Crippen molar-refractivity contribution in [1.82, 2.24) is 9.80 Å². The largest absolute Gasteiger partial charge is 0.387 e. The van der Waals surface area contributed by atoms with Gasteiger partial charge in [0.2, 0.25) is 0 Å². The first kappa shape index (κ1) is 15.0. The minimum atomic E-state index is -0.369. The Labute approximate surface area is 127 Å². The highest BCUT2D eigenvalue weighted by Crippen LogP contribution is 2.20. The maximum absolute atomic E-state index is 10.3. The molecule has 0 amide bonds. The molecule has 1 aromatic carbocycles. The van der Waals surface area contributed by atoms with E-state index in [2.05, 4.69) is 9.80 Å². The lowest BCUT2D eigenvalue weighted by Gasteiger charge is -2.40. The van der Waals surface area contributed by atoms with Crippen LogP contribution in [-0.4, -0.2) is 66.9 Å². The second-order valence-corrected chi connectivity index (χ2v) is 6.11. The fourth-order valence-electron chi connectivity index (χ4n) is 3.43. The van der Waals surface area contributed by atoms with Gasteiger partial charge in [0, 0.05) is 25.7 Å². The van der Waals surface area contributed by atoms with Crippen molar-refractivity contribution in [1.29, 1.82) is 0 Å². The lowest BCUT2D eigenvalue weighted by Crippen LogP contribution is -2.49. The van der Waals surface area contributed by atoms with Crippen LogP contribution in [0.3, 0.4) is 0 Å². The van der Waals surface area contributed by atoms with Crippen LogP contribution in [0.1, 0.15) is 24.5 Å². The number of likely N-dealkylation sites (tertiary alicyclic amines) is 1. The summed E-state index contributed by atoms with van der Waals surface area (Å²) in [4.78, 5) is 4.98. The Morgan fingerprint density at radius 2 is 1.71 bits per heavy atom. The number of aliphatic hydroxyl groups excluding tert-OH is 1. The fourth-order valence-corrected chi connectivity index (χ4v) is 3.43. The van der Waals surface area contributed by atoms with Gasteiger partial charge in [-0.1, -0.05) is 30.3 Å². The summed E-state index contributed by atoms with van der Waals surface area (Å²) in [6, 6.07) is 10.7. The van der Waals surface area contributed by atoms with Gasteiger partial charge in [-0.3, -0.25) is 4.90 Å². The fraction of sp³-hybridized carbons (Fsp3) is 0.647. The summed E-state index contributed by atoms with van der Waals surface area (Å²) in [6.07, 6.45) is 2.05. The third-order valence-corrected chi connectivity index (χ3v) is 4.73. The van der Waals surface area contributed by atoms with E-state index in [9.17, 15) is 5.11 Å². The minimum Gasteiger partial charge on any atom is -0.387 e. The van der Waals surface area contributed by atoms with Crippen LogP contribution in [0.15, 0.2) is 30.3 Å². The summed E-state index contributed by atoms with van der Waals surface area (Å²) in [5.41, 5.74) is 1.02. The number of piperidine rings is 1. The van der Waals surface area contributed by atoms with Crippen molar-refractivity contribution in [3.8, 4) is 0 Å². The van der Waals surface area contributed by atoms with Crippen molar-refractivity contribution >= 4 is 0 Å². The van der Waals surface area contributed by atoms with Crippen LogP contribution < -0.4 is 0 Å². The van der Waals surface area contributed by atoms with E-state index < -0.39 is 0 Å². The molecule has 4 nitrogen and oxygen atoms in total. The predicted octanol–water partition coefficient (Wildman–Crippen LogP) is 1.52. The summed E-state index contributed by atoms with van der Waals surface area (Å²) in [5, 5.41) is 10.3. The zero-order valence-corrected chi connectivity index (χ0v) is 12.7. The average molecular weight is 290 g/mol. The van der Waals surface area contributed by atoms with E-state index in [1.807, 2.05) is 30.3 Å². The predicted molar refractivity (Wildman–Crippen MR) is 83.3 cm³/mol. The molecule has 2 aliphatic rings. The molecule has 2 saturated heterocycles. The maximum Gasteiger partial charge on any atom is 0.0916 e. The normalized spacial score (nSPS) is 24.0. The van der Waals surface area contributed by atoms with Crippen LogP contribution >= 0.6 is 0 Å². The monoisotopic (exact) mass is 290 g/mol. The average Bonchev–Trinajstić information content (AvgIpc) is 2.57. The quantitative estimate of drug-likeness (QED) is 0.912. The molecular weight excluding hydrogens is 264 g/mol. The van der Waals surface area contributed by atoms with Crippen LogP contribution in [0.5, 0.6) is 0 Å². The van der Waals surface area contributed by atoms with Gasteiger partial charge in [0.05, 0.1) is 19.3 Å². The Kier molecular flexibility index (Phi) is 5.25. The smallest absolute Gasteiger partial charge is 0.0916 e. The molecule has 0 aromatic heterocycles. The number of nitrogens with zero attached hydrogens (tertiary/aromatic N) is 2. The molecule has 2 heterocycles. The van der Waals surface area contributed by atoms with Gasteiger partial charge >= 0.3 is 0 Å². The molecule has 21 heavy (non-hydrogen) atoms. The summed E-state index contributed by atoms with van der Waals surface area (Å²) in [6.45, 7) is 6.85. The molecule has 1 N–H and O–H groups in total. The lowest BCUT2D eigenvalue weighted by atomic mass is 10.0. The van der Waals surface area contributed by atoms with Gasteiger partial charge < -0.3 is 14.7 Å².